The first-order valence-corrected chi connectivity index (χ1v) is 1.70. The Morgan fingerprint density at radius 1 is 1.00 bits per heavy atom. The summed E-state index contributed by atoms with van der Waals surface area (Å²) in [7, 11) is 0. The highest BCUT2D eigenvalue weighted by Crippen LogP contribution is 1.66. The summed E-state index contributed by atoms with van der Waals surface area (Å²) >= 11 is 0. The highest BCUT2D eigenvalue weighted by molar-refractivity contribution is 6.92. The van der Waals surface area contributed by atoms with Crippen molar-refractivity contribution >= 4 is 9.90 Å². The Morgan fingerprint density at radius 3 is 1.62 bits per heavy atom. The Morgan fingerprint density at radius 2 is 1.50 bits per heavy atom. The maximum absolute atomic E-state index is 3.67. The summed E-state index contributed by atoms with van der Waals surface area (Å²) in [6, 6.07) is 1.78. The first kappa shape index (κ1) is 10.5. The predicted octanol–water partition coefficient (Wildman–Crippen LogP) is 0.857. The van der Waals surface area contributed by atoms with Gasteiger partial charge in [-0.1, -0.05) is 0 Å². The van der Waals surface area contributed by atoms with Crippen LogP contribution in [0.25, 0.3) is 0 Å². The fourth-order valence-corrected chi connectivity index (χ4v) is 0.253. The van der Waals surface area contributed by atoms with Gasteiger partial charge >= 0.3 is 0 Å². The van der Waals surface area contributed by atoms with Gasteiger partial charge in [-0.3, -0.25) is 0 Å². The van der Waals surface area contributed by atoms with Crippen LogP contribution in [-0.4, -0.2) is 9.97 Å². The summed E-state index contributed by atoms with van der Waals surface area (Å²) in [6.07, 6.45) is 4.88. The van der Waals surface area contributed by atoms with Crippen molar-refractivity contribution in [3.8, 4) is 0 Å². The SMILES string of the molecule is [N].[P].c1cncnc1. The minimum Gasteiger partial charge on any atom is -0.245 e. The molecule has 0 saturated heterocycles. The van der Waals surface area contributed by atoms with Crippen LogP contribution in [0.5, 0.6) is 0 Å². The Kier molecular flexibility index (Phi) is 8.45. The van der Waals surface area contributed by atoms with E-state index in [1.807, 2.05) is 0 Å². The number of aromatic nitrogens is 2. The predicted molar refractivity (Wildman–Crippen MR) is 31.1 cm³/mol. The number of rotatable bonds is 0. The van der Waals surface area contributed by atoms with Crippen LogP contribution in [0.2, 0.25) is 0 Å². The minimum absolute atomic E-state index is 0. The molecule has 1 aromatic rings. The van der Waals surface area contributed by atoms with Crippen LogP contribution >= 0.6 is 9.90 Å². The Hall–Kier alpha value is -0.530. The zero-order chi connectivity index (χ0) is 4.24. The van der Waals surface area contributed by atoms with Crippen molar-refractivity contribution in [1.82, 2.24) is 16.1 Å². The molecule has 40 valence electrons. The van der Waals surface area contributed by atoms with Crippen LogP contribution in [-0.2, 0) is 0 Å². The zero-order valence-electron chi connectivity index (χ0n) is 4.10. The molecule has 0 aliphatic heterocycles. The third-order valence-electron chi connectivity index (χ3n) is 0.478. The zero-order valence-corrected chi connectivity index (χ0v) is 4.99. The molecule has 0 aliphatic carbocycles. The van der Waals surface area contributed by atoms with Crippen molar-refractivity contribution in [2.24, 2.45) is 0 Å². The second kappa shape index (κ2) is 6.47. The summed E-state index contributed by atoms with van der Waals surface area (Å²) in [5.41, 5.74) is 0. The van der Waals surface area contributed by atoms with Gasteiger partial charge in [-0.25, -0.2) is 9.97 Å². The molecule has 0 amide bonds. The lowest BCUT2D eigenvalue weighted by Crippen LogP contribution is -1.66. The third kappa shape index (κ3) is 3.65. The van der Waals surface area contributed by atoms with Crippen molar-refractivity contribution < 1.29 is 0 Å². The summed E-state index contributed by atoms with van der Waals surface area (Å²) in [5, 5.41) is 0. The van der Waals surface area contributed by atoms with Crippen molar-refractivity contribution in [2.45, 2.75) is 0 Å². The fourth-order valence-electron chi connectivity index (χ4n) is 0.253. The van der Waals surface area contributed by atoms with Crippen LogP contribution in [0.15, 0.2) is 24.8 Å². The molecule has 1 heterocycles. The van der Waals surface area contributed by atoms with Gasteiger partial charge in [0.05, 0.1) is 0 Å². The molecule has 8 heavy (non-hydrogen) atoms. The van der Waals surface area contributed by atoms with Crippen LogP contribution in [0, 0.1) is 0 Å². The van der Waals surface area contributed by atoms with Crippen LogP contribution in [0.4, 0.5) is 0 Å². The van der Waals surface area contributed by atoms with Gasteiger partial charge in [-0.15, -0.1) is 0 Å². The largest absolute Gasteiger partial charge is 0.245 e. The molecule has 0 bridgehead atoms. The molecule has 0 fully saturated rings. The van der Waals surface area contributed by atoms with Crippen LogP contribution < -0.4 is 6.15 Å². The van der Waals surface area contributed by atoms with Crippen molar-refractivity contribution in [3.63, 3.8) is 0 Å². The Bertz CT molecular complexity index is 83.2. The minimum atomic E-state index is 0. The standard InChI is InChI=1S/C4H4N2.N.P/c1-2-5-4-6-3-1;;/h1-4H;;. The molecule has 0 unspecified atom stereocenters. The fraction of sp³-hybridized carbons (Fsp3) is 0. The van der Waals surface area contributed by atoms with E-state index in [4.69, 9.17) is 0 Å². The first-order chi connectivity index (χ1) is 3.00. The molecule has 0 aromatic carbocycles. The van der Waals surface area contributed by atoms with Gasteiger partial charge < -0.3 is 0 Å². The highest BCUT2D eigenvalue weighted by atomic mass is 31.0. The number of hydrogen-bond donors (Lipinski definition) is 0. The molecule has 1 aromatic heterocycles. The molecule has 0 saturated carbocycles. The molecule has 3 nitrogen and oxygen atoms in total. The molecular weight excluding hydrogens is 121 g/mol. The van der Waals surface area contributed by atoms with Gasteiger partial charge in [-0.05, 0) is 6.07 Å². The molecule has 0 aliphatic rings. The monoisotopic (exact) mass is 125 g/mol. The van der Waals surface area contributed by atoms with Gasteiger partial charge in [0.25, 0.3) is 0 Å². The summed E-state index contributed by atoms with van der Waals surface area (Å²) < 4.78 is 0. The summed E-state index contributed by atoms with van der Waals surface area (Å²) in [4.78, 5) is 7.35. The third-order valence-corrected chi connectivity index (χ3v) is 0.478. The highest BCUT2D eigenvalue weighted by Gasteiger charge is 1.59. The van der Waals surface area contributed by atoms with E-state index in [1.54, 1.807) is 18.5 Å². The van der Waals surface area contributed by atoms with Gasteiger partial charge in [0, 0.05) is 28.4 Å². The first-order valence-electron chi connectivity index (χ1n) is 1.70. The van der Waals surface area contributed by atoms with Crippen LogP contribution in [0.1, 0.15) is 0 Å². The maximum Gasteiger partial charge on any atom is 0.115 e. The molecule has 6 radical (unpaired) electrons. The van der Waals surface area contributed by atoms with E-state index in [0.717, 1.165) is 0 Å². The number of hydrogen-bond acceptors (Lipinski definition) is 2. The van der Waals surface area contributed by atoms with Crippen molar-refractivity contribution in [3.05, 3.63) is 24.8 Å². The summed E-state index contributed by atoms with van der Waals surface area (Å²) in [6.45, 7) is 0. The van der Waals surface area contributed by atoms with E-state index >= 15 is 0 Å². The van der Waals surface area contributed by atoms with E-state index in [0.29, 0.717) is 0 Å². The molecular formula is C4H4N3P. The van der Waals surface area contributed by atoms with E-state index < -0.39 is 0 Å². The van der Waals surface area contributed by atoms with Crippen LogP contribution in [0.3, 0.4) is 0 Å². The van der Waals surface area contributed by atoms with E-state index in [1.165, 1.54) is 6.33 Å². The Labute approximate surface area is 51.8 Å². The normalized spacial score (nSPS) is 6.00. The topological polar surface area (TPSA) is 56.3 Å². The van der Waals surface area contributed by atoms with E-state index in [2.05, 4.69) is 9.97 Å². The number of nitrogens with zero attached hydrogens (tertiary/aromatic N) is 3. The molecule has 0 atom stereocenters. The van der Waals surface area contributed by atoms with E-state index in [-0.39, 0.29) is 16.0 Å². The lowest BCUT2D eigenvalue weighted by atomic mass is 10.7. The van der Waals surface area contributed by atoms with Gasteiger partial charge in [-0.2, -0.15) is 0 Å². The van der Waals surface area contributed by atoms with Crippen molar-refractivity contribution in [1.29, 1.82) is 0 Å². The lowest BCUT2D eigenvalue weighted by Gasteiger charge is -1.70. The second-order valence-electron chi connectivity index (χ2n) is 0.904. The lowest BCUT2D eigenvalue weighted by molar-refractivity contribution is 1.17. The molecule has 0 spiro atoms. The van der Waals surface area contributed by atoms with E-state index in [9.17, 15) is 0 Å². The average Bonchev–Trinajstić information content (AvgIpc) is 1.72. The quantitative estimate of drug-likeness (QED) is 0.483. The molecule has 1 rings (SSSR count). The van der Waals surface area contributed by atoms with Crippen molar-refractivity contribution in [2.75, 3.05) is 0 Å². The summed E-state index contributed by atoms with van der Waals surface area (Å²) in [5.74, 6) is 0. The molecule has 0 N–H and O–H groups in total. The average molecular weight is 125 g/mol. The Balaban J connectivity index is 0. The molecule has 4 heteroatoms. The van der Waals surface area contributed by atoms with Gasteiger partial charge in [0.15, 0.2) is 0 Å². The van der Waals surface area contributed by atoms with Gasteiger partial charge in [0.2, 0.25) is 0 Å². The smallest absolute Gasteiger partial charge is 0.115 e. The van der Waals surface area contributed by atoms with Gasteiger partial charge in [0.1, 0.15) is 6.33 Å². The maximum atomic E-state index is 3.67. The second-order valence-corrected chi connectivity index (χ2v) is 0.904.